The first kappa shape index (κ1) is 18.5. The fourth-order valence-electron chi connectivity index (χ4n) is 1.90. The molecule has 2 nitrogen and oxygen atoms in total. The quantitative estimate of drug-likeness (QED) is 0.528. The van der Waals surface area contributed by atoms with Gasteiger partial charge in [0.25, 0.3) is 0 Å². The van der Waals surface area contributed by atoms with Gasteiger partial charge in [-0.2, -0.15) is 0 Å². The Kier molecular flexibility index (Phi) is 5.93. The third kappa shape index (κ3) is 7.07. The number of rotatable bonds is 6. The fraction of sp³-hybridized carbons (Fsp3) is 0.333. The van der Waals surface area contributed by atoms with Crippen LogP contribution in [-0.2, 0) is 18.6 Å². The fourth-order valence-corrected chi connectivity index (χ4v) is 5.86. The predicted octanol–water partition coefficient (Wildman–Crippen LogP) is 4.15. The van der Waals surface area contributed by atoms with E-state index in [1.165, 1.54) is 7.91 Å². The molecular weight excluding hydrogens is 499 g/mol. The van der Waals surface area contributed by atoms with E-state index in [-0.39, 0.29) is 18.6 Å². The van der Waals surface area contributed by atoms with E-state index in [0.717, 1.165) is 11.5 Å². The zero-order valence-corrected chi connectivity index (χ0v) is 19.0. The summed E-state index contributed by atoms with van der Waals surface area (Å²) < 4.78 is 14.8. The number of benzene rings is 2. The SMILES string of the molecule is C[Si](C)(C)Oc1cc[c]([Pt][c]2ccc(O[Si](C)(C)C)cc2)cc1. The van der Waals surface area contributed by atoms with Crippen LogP contribution in [0.5, 0.6) is 11.5 Å². The summed E-state index contributed by atoms with van der Waals surface area (Å²) in [4.78, 5) is 0. The summed E-state index contributed by atoms with van der Waals surface area (Å²) in [6, 6.07) is 17.2. The Hall–Kier alpha value is -0.838. The van der Waals surface area contributed by atoms with E-state index < -0.39 is 16.6 Å². The monoisotopic (exact) mass is 525 g/mol. The van der Waals surface area contributed by atoms with Crippen LogP contribution in [0.4, 0.5) is 0 Å². The second-order valence-corrected chi connectivity index (χ2v) is 19.4. The Labute approximate surface area is 151 Å². The van der Waals surface area contributed by atoms with Crippen molar-refractivity contribution in [1.29, 1.82) is 0 Å². The summed E-state index contributed by atoms with van der Waals surface area (Å²) in [6.07, 6.45) is 0. The van der Waals surface area contributed by atoms with Gasteiger partial charge < -0.3 is 0 Å². The molecule has 2 aromatic rings. The van der Waals surface area contributed by atoms with Crippen LogP contribution in [0.15, 0.2) is 48.5 Å². The topological polar surface area (TPSA) is 18.5 Å². The summed E-state index contributed by atoms with van der Waals surface area (Å²) in [6.45, 7) is 13.2. The molecule has 0 saturated carbocycles. The molecule has 0 bridgehead atoms. The third-order valence-corrected chi connectivity index (χ3v) is 7.14. The van der Waals surface area contributed by atoms with Crippen molar-refractivity contribution in [3.8, 4) is 11.5 Å². The normalized spacial score (nSPS) is 12.3. The Balaban J connectivity index is 1.99. The van der Waals surface area contributed by atoms with Gasteiger partial charge in [0.15, 0.2) is 0 Å². The van der Waals surface area contributed by atoms with E-state index in [2.05, 4.69) is 87.8 Å². The van der Waals surface area contributed by atoms with Gasteiger partial charge in [0.05, 0.1) is 0 Å². The van der Waals surface area contributed by atoms with E-state index in [1.54, 1.807) is 0 Å². The second-order valence-electron chi connectivity index (χ2n) is 7.34. The van der Waals surface area contributed by atoms with Crippen molar-refractivity contribution in [2.75, 3.05) is 0 Å². The van der Waals surface area contributed by atoms with E-state index in [4.69, 9.17) is 8.85 Å². The number of hydrogen-bond donors (Lipinski definition) is 0. The van der Waals surface area contributed by atoms with Crippen LogP contribution < -0.4 is 16.8 Å². The summed E-state index contributed by atoms with van der Waals surface area (Å²) in [7, 11) is -3.03. The van der Waals surface area contributed by atoms with Gasteiger partial charge in [-0.15, -0.1) is 0 Å². The molecule has 0 unspecified atom stereocenters. The van der Waals surface area contributed by atoms with Crippen LogP contribution in [-0.4, -0.2) is 16.6 Å². The first-order chi connectivity index (χ1) is 10.6. The van der Waals surface area contributed by atoms with Crippen molar-refractivity contribution in [2.45, 2.75) is 39.3 Å². The van der Waals surface area contributed by atoms with Crippen LogP contribution in [0.25, 0.3) is 0 Å². The summed E-state index contributed by atoms with van der Waals surface area (Å²) in [5.74, 6) is 1.99. The average molecular weight is 526 g/mol. The Morgan fingerprint density at radius 3 is 1.13 bits per heavy atom. The molecule has 0 saturated heterocycles. The predicted molar refractivity (Wildman–Crippen MR) is 100 cm³/mol. The molecule has 0 radical (unpaired) electrons. The van der Waals surface area contributed by atoms with E-state index in [9.17, 15) is 0 Å². The Bertz CT molecular complexity index is 569. The molecule has 0 atom stereocenters. The molecular formula is C18H26O2PtSi2. The zero-order chi connectivity index (χ0) is 17.1. The van der Waals surface area contributed by atoms with Crippen LogP contribution >= 0.6 is 0 Å². The molecule has 128 valence electrons. The van der Waals surface area contributed by atoms with Crippen LogP contribution in [0.3, 0.4) is 0 Å². The van der Waals surface area contributed by atoms with Gasteiger partial charge >= 0.3 is 151 Å². The summed E-state index contributed by atoms with van der Waals surface area (Å²) >= 11 is -0.164. The molecule has 5 heteroatoms. The molecule has 0 heterocycles. The van der Waals surface area contributed by atoms with Crippen molar-refractivity contribution in [1.82, 2.24) is 0 Å². The van der Waals surface area contributed by atoms with Gasteiger partial charge in [-0.05, 0) is 0 Å². The van der Waals surface area contributed by atoms with Gasteiger partial charge in [-0.3, -0.25) is 0 Å². The standard InChI is InChI=1S/2C9H13OSi.Pt/c2*1-11(2,3)10-9-7-5-4-6-8-9;/h2*5-8H,1-3H3;. The van der Waals surface area contributed by atoms with Crippen LogP contribution in [0.1, 0.15) is 0 Å². The van der Waals surface area contributed by atoms with E-state index in [0.29, 0.717) is 0 Å². The molecule has 0 aliphatic heterocycles. The van der Waals surface area contributed by atoms with Crippen molar-refractivity contribution in [2.24, 2.45) is 0 Å². The van der Waals surface area contributed by atoms with E-state index in [1.807, 2.05) is 0 Å². The summed E-state index contributed by atoms with van der Waals surface area (Å²) in [5, 5.41) is 0. The van der Waals surface area contributed by atoms with E-state index >= 15 is 0 Å². The molecule has 0 aromatic heterocycles. The minimum absolute atomic E-state index is 0.164. The average Bonchev–Trinajstić information content (AvgIpc) is 2.40. The minimum atomic E-state index is -1.52. The van der Waals surface area contributed by atoms with Crippen LogP contribution in [0, 0.1) is 0 Å². The molecule has 0 aliphatic rings. The van der Waals surface area contributed by atoms with Gasteiger partial charge in [0.1, 0.15) is 0 Å². The van der Waals surface area contributed by atoms with Gasteiger partial charge in [0, 0.05) is 0 Å². The van der Waals surface area contributed by atoms with Gasteiger partial charge in [0.2, 0.25) is 0 Å². The molecule has 0 amide bonds. The van der Waals surface area contributed by atoms with Crippen LogP contribution in [0.2, 0.25) is 39.3 Å². The second kappa shape index (κ2) is 7.37. The number of hydrogen-bond acceptors (Lipinski definition) is 2. The van der Waals surface area contributed by atoms with Crippen molar-refractivity contribution >= 4 is 24.5 Å². The maximum absolute atomic E-state index is 6.01. The molecule has 23 heavy (non-hydrogen) atoms. The van der Waals surface area contributed by atoms with Crippen molar-refractivity contribution in [3.63, 3.8) is 0 Å². The molecule has 0 spiro atoms. The Morgan fingerprint density at radius 1 is 0.565 bits per heavy atom. The van der Waals surface area contributed by atoms with Gasteiger partial charge in [-0.25, -0.2) is 0 Å². The Morgan fingerprint density at radius 2 is 0.870 bits per heavy atom. The first-order valence-corrected chi connectivity index (χ1v) is 16.9. The maximum atomic E-state index is 6.01. The van der Waals surface area contributed by atoms with Crippen molar-refractivity contribution in [3.05, 3.63) is 48.5 Å². The molecule has 2 aromatic carbocycles. The first-order valence-electron chi connectivity index (χ1n) is 7.78. The van der Waals surface area contributed by atoms with Gasteiger partial charge in [-0.1, -0.05) is 0 Å². The zero-order valence-electron chi connectivity index (χ0n) is 14.8. The molecule has 0 aliphatic carbocycles. The third-order valence-electron chi connectivity index (χ3n) is 2.62. The molecule has 0 N–H and O–H groups in total. The summed E-state index contributed by atoms with van der Waals surface area (Å²) in [5.41, 5.74) is 0. The van der Waals surface area contributed by atoms with Crippen molar-refractivity contribution < 1.29 is 27.4 Å². The molecule has 0 fully saturated rings. The molecule has 2 rings (SSSR count).